The van der Waals surface area contributed by atoms with Crippen LogP contribution < -0.4 is 11.1 Å². The molecule has 1 amide bonds. The summed E-state index contributed by atoms with van der Waals surface area (Å²) in [6.07, 6.45) is 0. The molecule has 0 heterocycles. The SMILES string of the molecule is N#Cc1cc(NCCOCC(N)=O)ccc1[N+](=O)[O-]. The van der Waals surface area contributed by atoms with E-state index in [0.717, 1.165) is 0 Å². The number of nitro groups is 1. The molecule has 0 unspecified atom stereocenters. The summed E-state index contributed by atoms with van der Waals surface area (Å²) in [5, 5.41) is 22.3. The van der Waals surface area contributed by atoms with Crippen LogP contribution in [0.25, 0.3) is 0 Å². The predicted molar refractivity (Wildman–Crippen MR) is 66.3 cm³/mol. The molecule has 1 rings (SSSR count). The average Bonchev–Trinajstić information content (AvgIpc) is 2.37. The van der Waals surface area contributed by atoms with E-state index in [0.29, 0.717) is 12.2 Å². The normalized spacial score (nSPS) is 9.63. The molecule has 0 saturated carbocycles. The zero-order chi connectivity index (χ0) is 14.3. The number of benzene rings is 1. The van der Waals surface area contributed by atoms with Crippen molar-refractivity contribution in [1.82, 2.24) is 0 Å². The Balaban J connectivity index is 2.54. The molecule has 0 aromatic heterocycles. The number of ether oxygens (including phenoxy) is 1. The number of nitrogens with two attached hydrogens (primary N) is 1. The molecule has 0 fully saturated rings. The van der Waals surface area contributed by atoms with Gasteiger partial charge in [0.25, 0.3) is 5.69 Å². The first-order valence-corrected chi connectivity index (χ1v) is 5.33. The third-order valence-corrected chi connectivity index (χ3v) is 2.13. The number of nitrogens with one attached hydrogen (secondary N) is 1. The average molecular weight is 264 g/mol. The van der Waals surface area contributed by atoms with Gasteiger partial charge in [0.2, 0.25) is 5.91 Å². The second kappa shape index (κ2) is 6.93. The maximum absolute atomic E-state index is 10.6. The van der Waals surface area contributed by atoms with Gasteiger partial charge in [-0.05, 0) is 12.1 Å². The minimum Gasteiger partial charge on any atom is -0.383 e. The molecule has 3 N–H and O–H groups in total. The van der Waals surface area contributed by atoms with E-state index in [1.54, 1.807) is 6.07 Å². The first-order chi connectivity index (χ1) is 9.04. The van der Waals surface area contributed by atoms with Crippen LogP contribution in [0.15, 0.2) is 18.2 Å². The summed E-state index contributed by atoms with van der Waals surface area (Å²) in [7, 11) is 0. The van der Waals surface area contributed by atoms with Crippen molar-refractivity contribution in [3.63, 3.8) is 0 Å². The first-order valence-electron chi connectivity index (χ1n) is 5.33. The standard InChI is InChI=1S/C11H12N4O4/c12-6-8-5-9(1-2-10(8)15(17)18)14-3-4-19-7-11(13)16/h1-2,5,14H,3-4,7H2,(H2,13,16). The summed E-state index contributed by atoms with van der Waals surface area (Å²) >= 11 is 0. The van der Waals surface area contributed by atoms with E-state index in [-0.39, 0.29) is 24.5 Å². The molecule has 0 radical (unpaired) electrons. The number of carbonyl (C=O) groups excluding carboxylic acids is 1. The molecule has 0 spiro atoms. The van der Waals surface area contributed by atoms with Gasteiger partial charge in [0.1, 0.15) is 18.2 Å². The lowest BCUT2D eigenvalue weighted by molar-refractivity contribution is -0.385. The Morgan fingerprint density at radius 2 is 2.32 bits per heavy atom. The quantitative estimate of drug-likeness (QED) is 0.415. The van der Waals surface area contributed by atoms with Gasteiger partial charge in [-0.25, -0.2) is 0 Å². The van der Waals surface area contributed by atoms with Crippen molar-refractivity contribution in [2.75, 3.05) is 25.1 Å². The molecule has 0 saturated heterocycles. The molecule has 100 valence electrons. The van der Waals surface area contributed by atoms with Gasteiger partial charge in [-0.1, -0.05) is 0 Å². The van der Waals surface area contributed by atoms with Crippen LogP contribution in [0.5, 0.6) is 0 Å². The third kappa shape index (κ3) is 4.61. The summed E-state index contributed by atoms with van der Waals surface area (Å²) in [5.74, 6) is -0.554. The van der Waals surface area contributed by atoms with Gasteiger partial charge >= 0.3 is 0 Å². The van der Waals surface area contributed by atoms with E-state index in [1.807, 2.05) is 0 Å². The number of amides is 1. The Hall–Kier alpha value is -2.66. The molecule has 8 nitrogen and oxygen atoms in total. The highest BCUT2D eigenvalue weighted by Crippen LogP contribution is 2.21. The molecule has 0 atom stereocenters. The minimum absolute atomic E-state index is 0.0203. The van der Waals surface area contributed by atoms with Gasteiger partial charge in [0, 0.05) is 18.3 Å². The second-order valence-electron chi connectivity index (χ2n) is 3.55. The Bertz CT molecular complexity index is 524. The highest BCUT2D eigenvalue weighted by atomic mass is 16.6. The molecule has 1 aromatic rings. The number of carbonyl (C=O) groups is 1. The van der Waals surface area contributed by atoms with Crippen LogP contribution in [-0.2, 0) is 9.53 Å². The van der Waals surface area contributed by atoms with Crippen molar-refractivity contribution in [2.24, 2.45) is 5.73 Å². The molecule has 0 aliphatic heterocycles. The zero-order valence-corrected chi connectivity index (χ0v) is 9.96. The lowest BCUT2D eigenvalue weighted by Gasteiger charge is -2.06. The number of nitriles is 1. The highest BCUT2D eigenvalue weighted by molar-refractivity contribution is 5.74. The van der Waals surface area contributed by atoms with E-state index in [2.05, 4.69) is 5.32 Å². The topological polar surface area (TPSA) is 131 Å². The lowest BCUT2D eigenvalue weighted by Crippen LogP contribution is -2.20. The number of hydrogen-bond donors (Lipinski definition) is 2. The van der Waals surface area contributed by atoms with Crippen LogP contribution in [-0.4, -0.2) is 30.6 Å². The fraction of sp³-hybridized carbons (Fsp3) is 0.273. The summed E-state index contributed by atoms with van der Waals surface area (Å²) in [6.45, 7) is 0.475. The Morgan fingerprint density at radius 3 is 2.89 bits per heavy atom. The molecule has 1 aromatic carbocycles. The predicted octanol–water partition coefficient (Wildman–Crippen LogP) is 0.380. The van der Waals surface area contributed by atoms with Crippen LogP contribution in [0.2, 0.25) is 0 Å². The number of primary amides is 1. The lowest BCUT2D eigenvalue weighted by atomic mass is 10.2. The number of nitro benzene ring substituents is 1. The number of rotatable bonds is 7. The van der Waals surface area contributed by atoms with Crippen molar-refractivity contribution >= 4 is 17.3 Å². The van der Waals surface area contributed by atoms with Crippen LogP contribution in [0.1, 0.15) is 5.56 Å². The van der Waals surface area contributed by atoms with Crippen molar-refractivity contribution < 1.29 is 14.5 Å². The number of hydrogen-bond acceptors (Lipinski definition) is 6. The summed E-state index contributed by atoms with van der Waals surface area (Å²) in [5.41, 5.74) is 5.19. The molecule has 8 heteroatoms. The van der Waals surface area contributed by atoms with Gasteiger partial charge in [-0.3, -0.25) is 14.9 Å². The van der Waals surface area contributed by atoms with Crippen LogP contribution in [0.3, 0.4) is 0 Å². The van der Waals surface area contributed by atoms with Crippen LogP contribution in [0, 0.1) is 21.4 Å². The maximum atomic E-state index is 10.6. The first kappa shape index (κ1) is 14.4. The summed E-state index contributed by atoms with van der Waals surface area (Å²) in [4.78, 5) is 20.4. The number of nitrogens with zero attached hydrogens (tertiary/aromatic N) is 2. The molecular formula is C11H12N4O4. The van der Waals surface area contributed by atoms with Gasteiger partial charge < -0.3 is 15.8 Å². The van der Waals surface area contributed by atoms with E-state index in [9.17, 15) is 14.9 Å². The van der Waals surface area contributed by atoms with Crippen molar-refractivity contribution in [3.8, 4) is 6.07 Å². The van der Waals surface area contributed by atoms with Crippen LogP contribution >= 0.6 is 0 Å². The van der Waals surface area contributed by atoms with Crippen molar-refractivity contribution in [1.29, 1.82) is 5.26 Å². The highest BCUT2D eigenvalue weighted by Gasteiger charge is 2.13. The summed E-state index contributed by atoms with van der Waals surface area (Å²) < 4.78 is 4.93. The van der Waals surface area contributed by atoms with Crippen molar-refractivity contribution in [2.45, 2.75) is 0 Å². The van der Waals surface area contributed by atoms with E-state index < -0.39 is 10.8 Å². The Morgan fingerprint density at radius 1 is 1.58 bits per heavy atom. The minimum atomic E-state index is -0.613. The number of anilines is 1. The second-order valence-corrected chi connectivity index (χ2v) is 3.55. The smallest absolute Gasteiger partial charge is 0.287 e. The molecule has 19 heavy (non-hydrogen) atoms. The maximum Gasteiger partial charge on any atom is 0.287 e. The van der Waals surface area contributed by atoms with E-state index in [1.165, 1.54) is 18.2 Å². The van der Waals surface area contributed by atoms with Crippen molar-refractivity contribution in [3.05, 3.63) is 33.9 Å². The van der Waals surface area contributed by atoms with Gasteiger partial charge in [0.05, 0.1) is 11.5 Å². The fourth-order valence-corrected chi connectivity index (χ4v) is 1.34. The Labute approximate surface area is 108 Å². The van der Waals surface area contributed by atoms with Gasteiger partial charge in [0.15, 0.2) is 0 Å². The third-order valence-electron chi connectivity index (χ3n) is 2.13. The fourth-order valence-electron chi connectivity index (χ4n) is 1.34. The van der Waals surface area contributed by atoms with E-state index >= 15 is 0 Å². The molecule has 0 aliphatic rings. The van der Waals surface area contributed by atoms with Gasteiger partial charge in [-0.15, -0.1) is 0 Å². The largest absolute Gasteiger partial charge is 0.383 e. The molecule has 0 bridgehead atoms. The van der Waals surface area contributed by atoms with E-state index in [4.69, 9.17) is 15.7 Å². The summed E-state index contributed by atoms with van der Waals surface area (Å²) in [6, 6.07) is 5.89. The van der Waals surface area contributed by atoms with Gasteiger partial charge in [-0.2, -0.15) is 5.26 Å². The molecular weight excluding hydrogens is 252 g/mol. The Kier molecular flexibility index (Phi) is 5.25. The molecule has 0 aliphatic carbocycles. The monoisotopic (exact) mass is 264 g/mol. The zero-order valence-electron chi connectivity index (χ0n) is 9.96. The van der Waals surface area contributed by atoms with Crippen LogP contribution in [0.4, 0.5) is 11.4 Å².